The first-order valence-electron chi connectivity index (χ1n) is 11.0. The Morgan fingerprint density at radius 3 is 2.53 bits per heavy atom. The number of sulfonamides is 1. The third kappa shape index (κ3) is 3.30. The number of piperazine rings is 1. The fourth-order valence-electron chi connectivity index (χ4n) is 5.30. The molecular formula is C26H24N4O3S. The number of hydrogen-bond acceptors (Lipinski definition) is 5. The van der Waals surface area contributed by atoms with E-state index in [9.17, 15) is 18.5 Å². The van der Waals surface area contributed by atoms with E-state index in [-0.39, 0.29) is 0 Å². The maximum absolute atomic E-state index is 12.6. The summed E-state index contributed by atoms with van der Waals surface area (Å²) in [6.07, 6.45) is 8.70. The molecule has 0 amide bonds. The predicted molar refractivity (Wildman–Crippen MR) is 131 cm³/mol. The highest BCUT2D eigenvalue weighted by Gasteiger charge is 2.40. The van der Waals surface area contributed by atoms with Gasteiger partial charge in [0.25, 0.3) is 0 Å². The van der Waals surface area contributed by atoms with Gasteiger partial charge in [0.1, 0.15) is 6.29 Å². The van der Waals surface area contributed by atoms with Crippen molar-refractivity contribution in [2.24, 2.45) is 0 Å². The summed E-state index contributed by atoms with van der Waals surface area (Å²) in [5, 5.41) is 10.3. The molecule has 0 radical (unpaired) electrons. The lowest BCUT2D eigenvalue weighted by molar-refractivity contribution is -0.111. The molecule has 7 nitrogen and oxygen atoms in total. The number of benzene rings is 2. The minimum Gasteiger partial charge on any atom is -0.368 e. The van der Waals surface area contributed by atoms with Crippen LogP contribution in [0.1, 0.15) is 40.4 Å². The molecule has 1 fully saturated rings. The molecule has 3 aromatic rings. The van der Waals surface area contributed by atoms with Crippen LogP contribution >= 0.6 is 0 Å². The summed E-state index contributed by atoms with van der Waals surface area (Å²) >= 11 is 0. The Morgan fingerprint density at radius 2 is 1.91 bits per heavy atom. The summed E-state index contributed by atoms with van der Waals surface area (Å²) in [5.41, 5.74) is 5.82. The zero-order valence-electron chi connectivity index (χ0n) is 19.1. The molecule has 0 bridgehead atoms. The molecule has 1 atom stereocenters. The van der Waals surface area contributed by atoms with Crippen LogP contribution in [-0.4, -0.2) is 56.4 Å². The minimum absolute atomic E-state index is 0.387. The molecule has 2 heterocycles. The van der Waals surface area contributed by atoms with Crippen LogP contribution in [0.5, 0.6) is 0 Å². The van der Waals surface area contributed by atoms with Crippen LogP contribution in [0.2, 0.25) is 0 Å². The summed E-state index contributed by atoms with van der Waals surface area (Å²) in [5.74, 6) is 2.79. The molecule has 1 saturated heterocycles. The molecule has 1 aliphatic heterocycles. The highest BCUT2D eigenvalue weighted by molar-refractivity contribution is 7.88. The topological polar surface area (TPSA) is 97.3 Å². The summed E-state index contributed by atoms with van der Waals surface area (Å²) in [6.45, 7) is 3.72. The molecule has 5 rings (SSSR count). The molecule has 1 N–H and O–H groups in total. The van der Waals surface area contributed by atoms with Gasteiger partial charge in [-0.2, -0.15) is 9.57 Å². The van der Waals surface area contributed by atoms with E-state index < -0.39 is 15.4 Å². The second-order valence-corrected chi connectivity index (χ2v) is 11.2. The van der Waals surface area contributed by atoms with Crippen molar-refractivity contribution in [1.82, 2.24) is 9.29 Å². The standard InChI is InChI=1S/C26H24N4O3S/c1-4-18-12-19-13-21-20-6-5-17(15-27)11-23(20)28-25(21)26(2,16-31)22(19)14-24(18)29-7-9-30(10-8-29)34(3,32)33/h1,5-6,11-12,14,16,28H,7-10,13H2,2-3H3. The number of nitrogens with zero attached hydrogens (tertiary/aromatic N) is 3. The highest BCUT2D eigenvalue weighted by Crippen LogP contribution is 2.45. The number of H-pyrrole nitrogens is 1. The van der Waals surface area contributed by atoms with Crippen molar-refractivity contribution in [2.45, 2.75) is 18.8 Å². The van der Waals surface area contributed by atoms with Crippen molar-refractivity contribution in [3.63, 3.8) is 0 Å². The van der Waals surface area contributed by atoms with Crippen LogP contribution in [0.3, 0.4) is 0 Å². The van der Waals surface area contributed by atoms with Gasteiger partial charge < -0.3 is 14.7 Å². The van der Waals surface area contributed by atoms with Gasteiger partial charge in [-0.3, -0.25) is 0 Å². The summed E-state index contributed by atoms with van der Waals surface area (Å²) in [6, 6.07) is 11.7. The van der Waals surface area contributed by atoms with Crippen molar-refractivity contribution in [2.75, 3.05) is 37.3 Å². The highest BCUT2D eigenvalue weighted by atomic mass is 32.2. The van der Waals surface area contributed by atoms with E-state index >= 15 is 0 Å². The molecule has 172 valence electrons. The van der Waals surface area contributed by atoms with Gasteiger partial charge >= 0.3 is 0 Å². The first-order valence-corrected chi connectivity index (χ1v) is 12.9. The van der Waals surface area contributed by atoms with E-state index in [2.05, 4.69) is 21.9 Å². The van der Waals surface area contributed by atoms with Crippen molar-refractivity contribution in [3.05, 3.63) is 63.8 Å². The summed E-state index contributed by atoms with van der Waals surface area (Å²) in [7, 11) is -3.24. The summed E-state index contributed by atoms with van der Waals surface area (Å²) in [4.78, 5) is 18.1. The average Bonchev–Trinajstić information content (AvgIpc) is 3.21. The largest absolute Gasteiger partial charge is 0.368 e. The zero-order chi connectivity index (χ0) is 24.3. The lowest BCUT2D eigenvalue weighted by Gasteiger charge is -2.37. The molecule has 0 spiro atoms. The van der Waals surface area contributed by atoms with E-state index in [4.69, 9.17) is 6.42 Å². The number of fused-ring (bicyclic) bond motifs is 4. The Kier molecular flexibility index (Phi) is 5.05. The normalized spacial score (nSPS) is 20.3. The number of rotatable bonds is 3. The Hall–Kier alpha value is -3.59. The fraction of sp³-hybridized carbons (Fsp3) is 0.308. The van der Waals surface area contributed by atoms with Crippen LogP contribution in [0, 0.1) is 23.7 Å². The van der Waals surface area contributed by atoms with Gasteiger partial charge in [-0.05, 0) is 47.9 Å². The van der Waals surface area contributed by atoms with Crippen molar-refractivity contribution in [3.8, 4) is 18.4 Å². The SMILES string of the molecule is C#Cc1cc2c(cc1N1CCN(S(C)(=O)=O)CC1)C(C)(C=O)c1[nH]c3cc(C#N)ccc3c1C2. The van der Waals surface area contributed by atoms with Crippen LogP contribution in [0.25, 0.3) is 10.9 Å². The number of aromatic nitrogens is 1. The predicted octanol–water partition coefficient (Wildman–Crippen LogP) is 2.51. The van der Waals surface area contributed by atoms with Gasteiger partial charge in [0.15, 0.2) is 0 Å². The molecular weight excluding hydrogens is 448 g/mol. The first-order chi connectivity index (χ1) is 16.2. The maximum Gasteiger partial charge on any atom is 0.211 e. The van der Waals surface area contributed by atoms with Crippen molar-refractivity contribution in [1.29, 1.82) is 5.26 Å². The number of nitriles is 1. The van der Waals surface area contributed by atoms with Gasteiger partial charge in [-0.25, -0.2) is 8.42 Å². The van der Waals surface area contributed by atoms with E-state index in [0.29, 0.717) is 38.2 Å². The van der Waals surface area contributed by atoms with Crippen LogP contribution in [-0.2, 0) is 26.7 Å². The molecule has 2 aromatic carbocycles. The Bertz CT molecular complexity index is 1530. The van der Waals surface area contributed by atoms with Gasteiger partial charge in [-0.1, -0.05) is 12.0 Å². The lowest BCUT2D eigenvalue weighted by atomic mass is 9.70. The number of aldehydes is 1. The molecule has 1 unspecified atom stereocenters. The molecule has 1 aliphatic carbocycles. The number of hydrogen-bond donors (Lipinski definition) is 1. The second kappa shape index (κ2) is 7.73. The molecule has 2 aliphatic rings. The number of nitrogens with one attached hydrogen (secondary N) is 1. The zero-order valence-corrected chi connectivity index (χ0v) is 19.9. The van der Waals surface area contributed by atoms with Crippen LogP contribution < -0.4 is 4.90 Å². The Morgan fingerprint density at radius 1 is 1.18 bits per heavy atom. The number of aromatic amines is 1. The molecule has 8 heteroatoms. The quantitative estimate of drug-likeness (QED) is 0.467. The first kappa shape index (κ1) is 22.2. The maximum atomic E-state index is 12.6. The third-order valence-electron chi connectivity index (χ3n) is 7.14. The number of carbonyl (C=O) groups is 1. The van der Waals surface area contributed by atoms with E-state index in [0.717, 1.165) is 50.8 Å². The lowest BCUT2D eigenvalue weighted by Crippen LogP contribution is -2.48. The van der Waals surface area contributed by atoms with Gasteiger partial charge in [0.05, 0.1) is 29.0 Å². The van der Waals surface area contributed by atoms with Crippen LogP contribution in [0.4, 0.5) is 5.69 Å². The second-order valence-electron chi connectivity index (χ2n) is 9.17. The monoisotopic (exact) mass is 472 g/mol. The molecule has 0 saturated carbocycles. The Labute approximate surface area is 199 Å². The number of terminal acetylenes is 1. The van der Waals surface area contributed by atoms with Crippen LogP contribution in [0.15, 0.2) is 30.3 Å². The smallest absolute Gasteiger partial charge is 0.211 e. The third-order valence-corrected chi connectivity index (χ3v) is 8.45. The van der Waals surface area contributed by atoms with E-state index in [1.54, 1.807) is 6.07 Å². The van der Waals surface area contributed by atoms with E-state index in [1.165, 1.54) is 10.6 Å². The fourth-order valence-corrected chi connectivity index (χ4v) is 6.13. The van der Waals surface area contributed by atoms with Gasteiger partial charge in [0, 0.05) is 54.8 Å². The Balaban J connectivity index is 1.62. The van der Waals surface area contributed by atoms with Gasteiger partial charge in [-0.15, -0.1) is 6.42 Å². The molecule has 34 heavy (non-hydrogen) atoms. The number of carbonyl (C=O) groups excluding carboxylic acids is 1. The minimum atomic E-state index is -3.24. The molecule has 1 aromatic heterocycles. The van der Waals surface area contributed by atoms with E-state index in [1.807, 2.05) is 31.2 Å². The van der Waals surface area contributed by atoms with Crippen molar-refractivity contribution >= 4 is 32.9 Å². The number of anilines is 1. The van der Waals surface area contributed by atoms with Gasteiger partial charge in [0.2, 0.25) is 10.0 Å². The summed E-state index contributed by atoms with van der Waals surface area (Å²) < 4.78 is 25.3. The van der Waals surface area contributed by atoms with Crippen molar-refractivity contribution < 1.29 is 13.2 Å². The average molecular weight is 473 g/mol.